The quantitative estimate of drug-likeness (QED) is 0.751. The summed E-state index contributed by atoms with van der Waals surface area (Å²) >= 11 is 0.432. The minimum absolute atomic E-state index is 0.103. The zero-order valence-corrected chi connectivity index (χ0v) is 15.3. The number of nitrogens with zero attached hydrogens (tertiary/aromatic N) is 1. The van der Waals surface area contributed by atoms with Gasteiger partial charge >= 0.3 is 139 Å². The molecule has 2 bridgehead atoms. The third-order valence-electron chi connectivity index (χ3n) is 4.39. The molecule has 22 heavy (non-hydrogen) atoms. The second-order valence-electron chi connectivity index (χ2n) is 7.23. The summed E-state index contributed by atoms with van der Waals surface area (Å²) < 4.78 is 7.09. The number of amides is 1. The van der Waals surface area contributed by atoms with Gasteiger partial charge in [-0.15, -0.1) is 0 Å². The predicted octanol–water partition coefficient (Wildman–Crippen LogP) is 3.37. The van der Waals surface area contributed by atoms with E-state index in [1.165, 1.54) is 10.9 Å². The van der Waals surface area contributed by atoms with E-state index >= 15 is 0 Å². The number of fused-ring (bicyclic) bond motifs is 2. The van der Waals surface area contributed by atoms with Gasteiger partial charge in [-0.25, -0.2) is 0 Å². The molecule has 4 heteroatoms. The first-order chi connectivity index (χ1) is 10.4. The van der Waals surface area contributed by atoms with Crippen molar-refractivity contribution < 1.29 is 9.53 Å². The van der Waals surface area contributed by atoms with Gasteiger partial charge in [-0.1, -0.05) is 0 Å². The Labute approximate surface area is 139 Å². The molecule has 3 atom stereocenters. The van der Waals surface area contributed by atoms with Gasteiger partial charge in [0.25, 0.3) is 0 Å². The summed E-state index contributed by atoms with van der Waals surface area (Å²) in [5, 5.41) is 0. The summed E-state index contributed by atoms with van der Waals surface area (Å²) in [7, 11) is 0. The number of benzene rings is 1. The molecule has 1 aromatic carbocycles. The van der Waals surface area contributed by atoms with Crippen molar-refractivity contribution >= 4 is 25.5 Å². The second kappa shape index (κ2) is 6.25. The molecule has 0 radical (unpaired) electrons. The molecular weight excluding hydrogens is 341 g/mol. The SMILES string of the molecule is CC(C)(C)OC(=O)N1[C@@H]2CC[C@H]([Se]c3ccccc3)[C@H]1CC2. The van der Waals surface area contributed by atoms with E-state index < -0.39 is 5.60 Å². The number of carbonyl (C=O) groups excluding carboxylic acids is 1. The van der Waals surface area contributed by atoms with Crippen LogP contribution in [0.5, 0.6) is 0 Å². The van der Waals surface area contributed by atoms with E-state index in [0.29, 0.717) is 31.9 Å². The van der Waals surface area contributed by atoms with E-state index in [1.54, 1.807) is 0 Å². The van der Waals surface area contributed by atoms with Crippen LogP contribution in [0.1, 0.15) is 46.5 Å². The van der Waals surface area contributed by atoms with Crippen molar-refractivity contribution in [3.8, 4) is 0 Å². The first-order valence-corrected chi connectivity index (χ1v) is 10.0. The van der Waals surface area contributed by atoms with Crippen LogP contribution in [0.3, 0.4) is 0 Å². The van der Waals surface area contributed by atoms with Crippen LogP contribution in [0.4, 0.5) is 4.79 Å². The van der Waals surface area contributed by atoms with Crippen molar-refractivity contribution in [2.45, 2.75) is 69.0 Å². The summed E-state index contributed by atoms with van der Waals surface area (Å²) in [4.78, 5) is 15.3. The molecule has 2 fully saturated rings. The molecule has 0 N–H and O–H groups in total. The van der Waals surface area contributed by atoms with Crippen molar-refractivity contribution in [3.05, 3.63) is 30.3 Å². The zero-order valence-electron chi connectivity index (χ0n) is 13.6. The average molecular weight is 366 g/mol. The molecular formula is C18H25NO2Se. The van der Waals surface area contributed by atoms with E-state index in [0.717, 1.165) is 19.3 Å². The molecule has 0 saturated carbocycles. The summed E-state index contributed by atoms with van der Waals surface area (Å²) in [5.41, 5.74) is -0.409. The summed E-state index contributed by atoms with van der Waals surface area (Å²) in [6.07, 6.45) is 4.57. The fraction of sp³-hybridized carbons (Fsp3) is 0.611. The summed E-state index contributed by atoms with van der Waals surface area (Å²) in [5.74, 6) is 0. The molecule has 0 aliphatic carbocycles. The van der Waals surface area contributed by atoms with E-state index in [2.05, 4.69) is 35.2 Å². The first-order valence-electron chi connectivity index (χ1n) is 8.17. The zero-order chi connectivity index (χ0) is 15.7. The van der Waals surface area contributed by atoms with Gasteiger partial charge < -0.3 is 0 Å². The standard InChI is InChI=1S/C18H25NO2Se/c1-18(2,3)21-17(20)19-13-9-11-15(19)16(12-10-13)22-14-7-5-4-6-8-14/h4-8,13,15-16H,9-12H2,1-3H3/t13-,15+,16-/m0/s1. The number of ether oxygens (including phenoxy) is 1. The Bertz CT molecular complexity index is 526. The third kappa shape index (κ3) is 3.49. The van der Waals surface area contributed by atoms with Crippen LogP contribution in [0.2, 0.25) is 4.82 Å². The number of hydrogen-bond acceptors (Lipinski definition) is 2. The van der Waals surface area contributed by atoms with Crippen molar-refractivity contribution in [2.24, 2.45) is 0 Å². The predicted molar refractivity (Wildman–Crippen MR) is 89.7 cm³/mol. The fourth-order valence-corrected chi connectivity index (χ4v) is 6.34. The molecule has 2 aliphatic rings. The first kappa shape index (κ1) is 15.9. The van der Waals surface area contributed by atoms with Crippen LogP contribution in [0.25, 0.3) is 0 Å². The summed E-state index contributed by atoms with van der Waals surface area (Å²) in [6, 6.07) is 11.5. The number of carbonyl (C=O) groups is 1. The van der Waals surface area contributed by atoms with Crippen molar-refractivity contribution in [1.29, 1.82) is 0 Å². The average Bonchev–Trinajstić information content (AvgIpc) is 2.77. The van der Waals surface area contributed by atoms with Gasteiger partial charge in [0.1, 0.15) is 0 Å². The number of hydrogen-bond donors (Lipinski definition) is 0. The van der Waals surface area contributed by atoms with Crippen LogP contribution < -0.4 is 4.46 Å². The fourth-order valence-electron chi connectivity index (χ4n) is 3.52. The Morgan fingerprint density at radius 1 is 1.14 bits per heavy atom. The van der Waals surface area contributed by atoms with Crippen LogP contribution in [-0.4, -0.2) is 43.6 Å². The van der Waals surface area contributed by atoms with Crippen molar-refractivity contribution in [3.63, 3.8) is 0 Å². The molecule has 2 heterocycles. The third-order valence-corrected chi connectivity index (χ3v) is 7.33. The Morgan fingerprint density at radius 2 is 1.82 bits per heavy atom. The van der Waals surface area contributed by atoms with Gasteiger partial charge in [0.2, 0.25) is 0 Å². The molecule has 3 rings (SSSR count). The van der Waals surface area contributed by atoms with Crippen LogP contribution >= 0.6 is 0 Å². The minimum atomic E-state index is -0.409. The van der Waals surface area contributed by atoms with E-state index in [1.807, 2.05) is 20.8 Å². The monoisotopic (exact) mass is 367 g/mol. The Balaban J connectivity index is 1.72. The maximum absolute atomic E-state index is 12.6. The van der Waals surface area contributed by atoms with Gasteiger partial charge in [-0.3, -0.25) is 0 Å². The molecule has 3 nitrogen and oxygen atoms in total. The summed E-state index contributed by atoms with van der Waals surface area (Å²) in [6.45, 7) is 5.84. The van der Waals surface area contributed by atoms with Gasteiger partial charge in [0.05, 0.1) is 0 Å². The Kier molecular flexibility index (Phi) is 4.51. The number of rotatable bonds is 2. The van der Waals surface area contributed by atoms with Crippen molar-refractivity contribution in [2.75, 3.05) is 0 Å². The van der Waals surface area contributed by atoms with Gasteiger partial charge in [-0.2, -0.15) is 0 Å². The molecule has 1 aromatic rings. The number of piperidine rings is 1. The van der Waals surface area contributed by atoms with E-state index in [4.69, 9.17) is 4.74 Å². The normalized spacial score (nSPS) is 27.8. The van der Waals surface area contributed by atoms with Crippen LogP contribution in [-0.2, 0) is 4.74 Å². The van der Waals surface area contributed by atoms with Crippen molar-refractivity contribution in [1.82, 2.24) is 4.90 Å². The van der Waals surface area contributed by atoms with E-state index in [-0.39, 0.29) is 6.09 Å². The Hall–Kier alpha value is -0.991. The molecule has 0 aromatic heterocycles. The molecule has 1 amide bonds. The molecule has 0 spiro atoms. The van der Waals surface area contributed by atoms with E-state index in [9.17, 15) is 4.79 Å². The topological polar surface area (TPSA) is 29.5 Å². The van der Waals surface area contributed by atoms with Gasteiger partial charge in [-0.05, 0) is 0 Å². The molecule has 2 aliphatic heterocycles. The van der Waals surface area contributed by atoms with Gasteiger partial charge in [0.15, 0.2) is 0 Å². The van der Waals surface area contributed by atoms with Crippen LogP contribution in [0, 0.1) is 0 Å². The Morgan fingerprint density at radius 3 is 2.50 bits per heavy atom. The molecule has 2 saturated heterocycles. The second-order valence-corrected chi connectivity index (χ2v) is 9.99. The van der Waals surface area contributed by atoms with Gasteiger partial charge in [0, 0.05) is 0 Å². The molecule has 120 valence electrons. The maximum atomic E-state index is 12.6. The molecule has 0 unspecified atom stereocenters. The van der Waals surface area contributed by atoms with Crippen LogP contribution in [0.15, 0.2) is 30.3 Å².